The third kappa shape index (κ3) is 8.31. The SMILES string of the molecule is CCCCNc1cc(OCCN2CCCC2)cc(OCCCN(CC)CC)c1N. The molecular weight excluding hydrogens is 364 g/mol. The van der Waals surface area contributed by atoms with E-state index in [1.165, 1.54) is 25.9 Å². The molecule has 1 aliphatic heterocycles. The zero-order valence-corrected chi connectivity index (χ0v) is 18.8. The number of benzene rings is 1. The van der Waals surface area contributed by atoms with E-state index in [0.717, 1.165) is 69.2 Å². The Labute approximate surface area is 177 Å². The van der Waals surface area contributed by atoms with Crippen LogP contribution in [0.5, 0.6) is 11.5 Å². The summed E-state index contributed by atoms with van der Waals surface area (Å²) in [5.74, 6) is 1.55. The number of unbranched alkanes of at least 4 members (excludes halogenated alkanes) is 1. The van der Waals surface area contributed by atoms with Crippen molar-refractivity contribution < 1.29 is 9.47 Å². The van der Waals surface area contributed by atoms with Gasteiger partial charge in [-0.25, -0.2) is 0 Å². The van der Waals surface area contributed by atoms with Crippen LogP contribution >= 0.6 is 0 Å². The number of nitrogens with zero attached hydrogens (tertiary/aromatic N) is 2. The summed E-state index contributed by atoms with van der Waals surface area (Å²) in [5, 5.41) is 3.45. The second-order valence-electron chi connectivity index (χ2n) is 7.79. The molecule has 0 spiro atoms. The van der Waals surface area contributed by atoms with Gasteiger partial charge in [-0.05, 0) is 51.9 Å². The molecular formula is C23H42N4O2. The first-order valence-corrected chi connectivity index (χ1v) is 11.6. The summed E-state index contributed by atoms with van der Waals surface area (Å²) in [5.41, 5.74) is 7.98. The van der Waals surface area contributed by atoms with Crippen LogP contribution in [0.2, 0.25) is 0 Å². The predicted octanol–water partition coefficient (Wildman–Crippen LogP) is 4.07. The van der Waals surface area contributed by atoms with Gasteiger partial charge in [-0.1, -0.05) is 27.2 Å². The third-order valence-corrected chi connectivity index (χ3v) is 5.61. The highest BCUT2D eigenvalue weighted by Crippen LogP contribution is 2.35. The van der Waals surface area contributed by atoms with E-state index in [9.17, 15) is 0 Å². The lowest BCUT2D eigenvalue weighted by molar-refractivity contribution is 0.234. The van der Waals surface area contributed by atoms with Gasteiger partial charge in [-0.2, -0.15) is 0 Å². The van der Waals surface area contributed by atoms with Gasteiger partial charge in [-0.15, -0.1) is 0 Å². The van der Waals surface area contributed by atoms with Gasteiger partial charge in [0.2, 0.25) is 0 Å². The first-order chi connectivity index (χ1) is 14.2. The fourth-order valence-electron chi connectivity index (χ4n) is 3.66. The average molecular weight is 407 g/mol. The van der Waals surface area contributed by atoms with Crippen LogP contribution in [0.3, 0.4) is 0 Å². The predicted molar refractivity (Wildman–Crippen MR) is 123 cm³/mol. The molecule has 2 rings (SSSR count). The largest absolute Gasteiger partial charge is 0.492 e. The lowest BCUT2D eigenvalue weighted by Crippen LogP contribution is -2.25. The topological polar surface area (TPSA) is 63.0 Å². The molecule has 0 amide bonds. The highest BCUT2D eigenvalue weighted by molar-refractivity contribution is 5.75. The minimum atomic E-state index is 0.659. The highest BCUT2D eigenvalue weighted by Gasteiger charge is 2.13. The average Bonchev–Trinajstić information content (AvgIpc) is 3.24. The minimum Gasteiger partial charge on any atom is -0.492 e. The highest BCUT2D eigenvalue weighted by atomic mass is 16.5. The number of nitrogens with two attached hydrogens (primary N) is 1. The van der Waals surface area contributed by atoms with Crippen LogP contribution in [0.1, 0.15) is 52.9 Å². The standard InChI is InChI=1S/C23H42N4O2/c1-4-7-11-25-21-18-20(28-17-15-27-12-8-9-13-27)19-22(23(21)24)29-16-10-14-26(5-2)6-3/h18-19,25H,4-17,24H2,1-3H3. The van der Waals surface area contributed by atoms with E-state index in [2.05, 4.69) is 35.9 Å². The Hall–Kier alpha value is -1.66. The maximum Gasteiger partial charge on any atom is 0.148 e. The van der Waals surface area contributed by atoms with E-state index in [1.807, 2.05) is 12.1 Å². The number of nitrogens with one attached hydrogen (secondary N) is 1. The molecule has 1 aromatic rings. The van der Waals surface area contributed by atoms with Gasteiger partial charge in [0.25, 0.3) is 0 Å². The summed E-state index contributed by atoms with van der Waals surface area (Å²) in [7, 11) is 0. The van der Waals surface area contributed by atoms with Crippen molar-refractivity contribution in [1.29, 1.82) is 0 Å². The zero-order valence-electron chi connectivity index (χ0n) is 18.8. The first kappa shape index (κ1) is 23.6. The number of likely N-dealkylation sites (tertiary alicyclic amines) is 1. The van der Waals surface area contributed by atoms with Crippen molar-refractivity contribution in [3.05, 3.63) is 12.1 Å². The number of anilines is 2. The Balaban J connectivity index is 1.95. The lowest BCUT2D eigenvalue weighted by Gasteiger charge is -2.20. The van der Waals surface area contributed by atoms with Gasteiger partial charge in [0.05, 0.1) is 18.0 Å². The lowest BCUT2D eigenvalue weighted by atomic mass is 10.2. The molecule has 1 aromatic carbocycles. The second kappa shape index (κ2) is 13.5. The summed E-state index contributed by atoms with van der Waals surface area (Å²) in [6.07, 6.45) is 5.85. The fraction of sp³-hybridized carbons (Fsp3) is 0.739. The summed E-state index contributed by atoms with van der Waals surface area (Å²) in [4.78, 5) is 4.87. The van der Waals surface area contributed by atoms with Crippen LogP contribution in [0.25, 0.3) is 0 Å². The van der Waals surface area contributed by atoms with Crippen molar-refractivity contribution >= 4 is 11.4 Å². The van der Waals surface area contributed by atoms with Crippen LogP contribution in [0.4, 0.5) is 11.4 Å². The van der Waals surface area contributed by atoms with E-state index in [4.69, 9.17) is 15.2 Å². The number of nitrogen functional groups attached to an aromatic ring is 1. The van der Waals surface area contributed by atoms with E-state index < -0.39 is 0 Å². The Bertz CT molecular complexity index is 572. The molecule has 1 heterocycles. The molecule has 1 fully saturated rings. The van der Waals surface area contributed by atoms with Crippen molar-refractivity contribution in [3.63, 3.8) is 0 Å². The van der Waals surface area contributed by atoms with Crippen LogP contribution in [-0.2, 0) is 0 Å². The molecule has 0 atom stereocenters. The molecule has 1 aliphatic rings. The van der Waals surface area contributed by atoms with E-state index in [1.54, 1.807) is 0 Å². The van der Waals surface area contributed by atoms with Gasteiger partial charge >= 0.3 is 0 Å². The summed E-state index contributed by atoms with van der Waals surface area (Å²) >= 11 is 0. The van der Waals surface area contributed by atoms with Crippen molar-refractivity contribution in [1.82, 2.24) is 9.80 Å². The van der Waals surface area contributed by atoms with Gasteiger partial charge in [0.15, 0.2) is 0 Å². The minimum absolute atomic E-state index is 0.659. The Kier molecular flexibility index (Phi) is 11.0. The zero-order chi connectivity index (χ0) is 20.9. The molecule has 166 valence electrons. The number of ether oxygens (including phenoxy) is 2. The molecule has 1 saturated heterocycles. The van der Waals surface area contributed by atoms with Gasteiger partial charge in [-0.3, -0.25) is 4.90 Å². The smallest absolute Gasteiger partial charge is 0.148 e. The molecule has 0 unspecified atom stereocenters. The maximum atomic E-state index is 6.40. The summed E-state index contributed by atoms with van der Waals surface area (Å²) in [6, 6.07) is 3.96. The van der Waals surface area contributed by atoms with Crippen LogP contribution in [-0.4, -0.2) is 68.8 Å². The molecule has 0 saturated carbocycles. The number of hydrogen-bond donors (Lipinski definition) is 2. The maximum absolute atomic E-state index is 6.40. The van der Waals surface area contributed by atoms with Crippen molar-refractivity contribution in [2.75, 3.05) is 70.1 Å². The molecule has 0 aromatic heterocycles. The molecule has 6 nitrogen and oxygen atoms in total. The van der Waals surface area contributed by atoms with E-state index >= 15 is 0 Å². The molecule has 0 radical (unpaired) electrons. The Morgan fingerprint density at radius 3 is 2.48 bits per heavy atom. The second-order valence-corrected chi connectivity index (χ2v) is 7.79. The number of hydrogen-bond acceptors (Lipinski definition) is 6. The normalized spacial score (nSPS) is 14.5. The Morgan fingerprint density at radius 2 is 1.79 bits per heavy atom. The van der Waals surface area contributed by atoms with Crippen molar-refractivity contribution in [3.8, 4) is 11.5 Å². The third-order valence-electron chi connectivity index (χ3n) is 5.61. The number of rotatable bonds is 15. The fourth-order valence-corrected chi connectivity index (χ4v) is 3.66. The molecule has 3 N–H and O–H groups in total. The van der Waals surface area contributed by atoms with Gasteiger partial charge in [0.1, 0.15) is 18.1 Å². The molecule has 0 aliphatic carbocycles. The summed E-state index contributed by atoms with van der Waals surface area (Å²) < 4.78 is 12.1. The van der Waals surface area contributed by atoms with Crippen LogP contribution in [0.15, 0.2) is 12.1 Å². The summed E-state index contributed by atoms with van der Waals surface area (Å²) in [6.45, 7) is 15.4. The quantitative estimate of drug-likeness (QED) is 0.338. The first-order valence-electron chi connectivity index (χ1n) is 11.6. The molecule has 0 bridgehead atoms. The van der Waals surface area contributed by atoms with E-state index in [0.29, 0.717) is 18.9 Å². The van der Waals surface area contributed by atoms with Crippen molar-refractivity contribution in [2.45, 2.75) is 52.9 Å². The van der Waals surface area contributed by atoms with Gasteiger partial charge < -0.3 is 25.4 Å². The Morgan fingerprint density at radius 1 is 1.03 bits per heavy atom. The van der Waals surface area contributed by atoms with Crippen molar-refractivity contribution in [2.24, 2.45) is 0 Å². The molecule has 29 heavy (non-hydrogen) atoms. The van der Waals surface area contributed by atoms with Crippen LogP contribution in [0, 0.1) is 0 Å². The molecule has 6 heteroatoms. The van der Waals surface area contributed by atoms with Crippen LogP contribution < -0.4 is 20.5 Å². The van der Waals surface area contributed by atoms with Gasteiger partial charge in [0, 0.05) is 31.8 Å². The monoisotopic (exact) mass is 406 g/mol. The van der Waals surface area contributed by atoms with E-state index in [-0.39, 0.29) is 0 Å².